The molecule has 104 valence electrons. The van der Waals surface area contributed by atoms with Crippen molar-refractivity contribution in [2.24, 2.45) is 11.8 Å². The van der Waals surface area contributed by atoms with Gasteiger partial charge in [-0.25, -0.2) is 0 Å². The lowest BCUT2D eigenvalue weighted by Crippen LogP contribution is -2.49. The van der Waals surface area contributed by atoms with Crippen molar-refractivity contribution in [2.75, 3.05) is 0 Å². The van der Waals surface area contributed by atoms with Crippen LogP contribution in [0, 0.1) is 11.8 Å². The van der Waals surface area contributed by atoms with Crippen LogP contribution in [0.4, 0.5) is 0 Å². The lowest BCUT2D eigenvalue weighted by Gasteiger charge is -2.36. The Hall–Kier alpha value is -0.570. The Morgan fingerprint density at radius 3 is 2.50 bits per heavy atom. The van der Waals surface area contributed by atoms with Crippen molar-refractivity contribution >= 4 is 5.91 Å². The third-order valence-electron chi connectivity index (χ3n) is 5.10. The minimum Gasteiger partial charge on any atom is -0.323 e. The molecule has 2 aliphatic rings. The van der Waals surface area contributed by atoms with E-state index < -0.39 is 0 Å². The zero-order valence-corrected chi connectivity index (χ0v) is 12.3. The number of hydrogen-bond acceptors (Lipinski definition) is 2. The monoisotopic (exact) mass is 252 g/mol. The number of amides is 1. The van der Waals surface area contributed by atoms with Crippen LogP contribution in [0.15, 0.2) is 0 Å². The Balaban J connectivity index is 2.14. The minimum atomic E-state index is 0.00195. The molecular formula is C15H28N2O. The molecule has 4 atom stereocenters. The minimum absolute atomic E-state index is 0.00195. The Kier molecular flexibility index (Phi) is 4.31. The van der Waals surface area contributed by atoms with E-state index in [0.717, 1.165) is 6.42 Å². The van der Waals surface area contributed by atoms with Crippen molar-refractivity contribution in [2.45, 2.75) is 78.0 Å². The van der Waals surface area contributed by atoms with E-state index in [-0.39, 0.29) is 6.04 Å². The van der Waals surface area contributed by atoms with Gasteiger partial charge in [0.2, 0.25) is 5.91 Å². The van der Waals surface area contributed by atoms with Crippen molar-refractivity contribution in [1.29, 1.82) is 0 Å². The molecule has 3 heteroatoms. The van der Waals surface area contributed by atoms with Gasteiger partial charge in [0.15, 0.2) is 0 Å². The molecular weight excluding hydrogens is 224 g/mol. The smallest absolute Gasteiger partial charge is 0.240 e. The first kappa shape index (κ1) is 13.9. The normalized spacial score (nSPS) is 33.1. The Morgan fingerprint density at radius 2 is 1.94 bits per heavy atom. The van der Waals surface area contributed by atoms with Crippen LogP contribution >= 0.6 is 0 Å². The zero-order valence-electron chi connectivity index (χ0n) is 12.3. The van der Waals surface area contributed by atoms with Gasteiger partial charge in [0.05, 0.1) is 12.2 Å². The zero-order chi connectivity index (χ0) is 13.3. The molecule has 0 aromatic heterocycles. The first-order valence-electron chi connectivity index (χ1n) is 7.64. The molecule has 0 bridgehead atoms. The number of hydrogen-bond donors (Lipinski definition) is 1. The summed E-state index contributed by atoms with van der Waals surface area (Å²) in [4.78, 5) is 14.6. The highest BCUT2D eigenvalue weighted by Crippen LogP contribution is 2.34. The maximum Gasteiger partial charge on any atom is 0.240 e. The fraction of sp³-hybridized carbons (Fsp3) is 0.933. The molecule has 0 aromatic rings. The molecule has 1 N–H and O–H groups in total. The summed E-state index contributed by atoms with van der Waals surface area (Å²) in [5.74, 6) is 1.55. The molecule has 4 unspecified atom stereocenters. The van der Waals surface area contributed by atoms with Crippen molar-refractivity contribution in [3.63, 3.8) is 0 Å². The van der Waals surface area contributed by atoms with Gasteiger partial charge in [0.1, 0.15) is 0 Å². The fourth-order valence-corrected chi connectivity index (χ4v) is 3.47. The van der Waals surface area contributed by atoms with Crippen LogP contribution in [-0.2, 0) is 4.79 Å². The molecule has 1 aliphatic carbocycles. The first-order valence-corrected chi connectivity index (χ1v) is 7.64. The van der Waals surface area contributed by atoms with Crippen molar-refractivity contribution < 1.29 is 4.79 Å². The summed E-state index contributed by atoms with van der Waals surface area (Å²) in [6.07, 6.45) is 6.65. The van der Waals surface area contributed by atoms with Crippen LogP contribution in [0.25, 0.3) is 0 Å². The summed E-state index contributed by atoms with van der Waals surface area (Å²) in [6, 6.07) is 0.354. The van der Waals surface area contributed by atoms with Gasteiger partial charge in [-0.3, -0.25) is 10.1 Å². The largest absolute Gasteiger partial charge is 0.323 e. The molecule has 1 aliphatic heterocycles. The summed E-state index contributed by atoms with van der Waals surface area (Å²) in [7, 11) is 0. The number of carbonyl (C=O) groups excluding carboxylic acids is 1. The predicted octanol–water partition coefficient (Wildman–Crippen LogP) is 2.76. The van der Waals surface area contributed by atoms with Gasteiger partial charge in [0, 0.05) is 6.04 Å². The van der Waals surface area contributed by atoms with Crippen LogP contribution < -0.4 is 5.32 Å². The molecule has 1 heterocycles. The summed E-state index contributed by atoms with van der Waals surface area (Å²) in [6.45, 7) is 8.69. The molecule has 1 saturated heterocycles. The van der Waals surface area contributed by atoms with Gasteiger partial charge in [-0.1, -0.05) is 33.1 Å². The molecule has 0 radical (unpaired) electrons. The van der Waals surface area contributed by atoms with Gasteiger partial charge >= 0.3 is 0 Å². The Labute approximate surface area is 111 Å². The number of nitrogens with one attached hydrogen (secondary N) is 1. The van der Waals surface area contributed by atoms with Gasteiger partial charge in [0.25, 0.3) is 0 Å². The van der Waals surface area contributed by atoms with Crippen LogP contribution in [0.2, 0.25) is 0 Å². The third kappa shape index (κ3) is 2.42. The number of nitrogens with zero attached hydrogens (tertiary/aromatic N) is 1. The SMILES string of the molecule is CCC(C)C(C)N1C(=O)C(C)NC1C1CCCC1. The van der Waals surface area contributed by atoms with Crippen LogP contribution in [0.5, 0.6) is 0 Å². The van der Waals surface area contributed by atoms with E-state index in [4.69, 9.17) is 0 Å². The highest BCUT2D eigenvalue weighted by atomic mass is 16.2. The van der Waals surface area contributed by atoms with E-state index in [1.54, 1.807) is 0 Å². The van der Waals surface area contributed by atoms with E-state index in [1.807, 2.05) is 6.92 Å². The van der Waals surface area contributed by atoms with Crippen LogP contribution in [0.3, 0.4) is 0 Å². The Morgan fingerprint density at radius 1 is 1.33 bits per heavy atom. The van der Waals surface area contributed by atoms with Crippen LogP contribution in [0.1, 0.15) is 59.8 Å². The summed E-state index contributed by atoms with van der Waals surface area (Å²) in [5.41, 5.74) is 0. The Bertz CT molecular complexity index is 299. The van der Waals surface area contributed by atoms with E-state index in [1.165, 1.54) is 25.7 Å². The molecule has 2 fully saturated rings. The second-order valence-corrected chi connectivity index (χ2v) is 6.25. The lowest BCUT2D eigenvalue weighted by molar-refractivity contribution is -0.133. The molecule has 0 spiro atoms. The molecule has 2 rings (SSSR count). The second-order valence-electron chi connectivity index (χ2n) is 6.25. The topological polar surface area (TPSA) is 32.3 Å². The van der Waals surface area contributed by atoms with E-state index in [2.05, 4.69) is 31.0 Å². The molecule has 1 amide bonds. The molecule has 0 aromatic carbocycles. The number of carbonyl (C=O) groups is 1. The standard InChI is InChI=1S/C15H28N2O/c1-5-10(2)12(4)17-14(13-8-6-7-9-13)16-11(3)15(17)18/h10-14,16H,5-9H2,1-4H3. The average Bonchev–Trinajstić information content (AvgIpc) is 2.97. The van der Waals surface area contributed by atoms with Crippen LogP contribution in [-0.4, -0.2) is 29.1 Å². The van der Waals surface area contributed by atoms with Crippen molar-refractivity contribution in [3.8, 4) is 0 Å². The molecule has 18 heavy (non-hydrogen) atoms. The summed E-state index contributed by atoms with van der Waals surface area (Å²) < 4.78 is 0. The number of rotatable bonds is 4. The van der Waals surface area contributed by atoms with Gasteiger partial charge in [-0.15, -0.1) is 0 Å². The van der Waals surface area contributed by atoms with Gasteiger partial charge < -0.3 is 4.90 Å². The van der Waals surface area contributed by atoms with E-state index in [0.29, 0.717) is 30.0 Å². The quantitative estimate of drug-likeness (QED) is 0.834. The van der Waals surface area contributed by atoms with Gasteiger partial charge in [-0.05, 0) is 38.5 Å². The van der Waals surface area contributed by atoms with Crippen molar-refractivity contribution in [3.05, 3.63) is 0 Å². The third-order valence-corrected chi connectivity index (χ3v) is 5.10. The van der Waals surface area contributed by atoms with Gasteiger partial charge in [-0.2, -0.15) is 0 Å². The summed E-state index contributed by atoms with van der Waals surface area (Å²) in [5, 5.41) is 3.53. The second kappa shape index (κ2) is 5.60. The molecule has 1 saturated carbocycles. The van der Waals surface area contributed by atoms with Crippen molar-refractivity contribution in [1.82, 2.24) is 10.2 Å². The maximum atomic E-state index is 12.4. The van der Waals surface area contributed by atoms with E-state index in [9.17, 15) is 4.79 Å². The predicted molar refractivity (Wildman–Crippen MR) is 74.1 cm³/mol. The highest BCUT2D eigenvalue weighted by Gasteiger charge is 2.44. The highest BCUT2D eigenvalue weighted by molar-refractivity contribution is 5.84. The van der Waals surface area contributed by atoms with E-state index >= 15 is 0 Å². The maximum absolute atomic E-state index is 12.4. The summed E-state index contributed by atoms with van der Waals surface area (Å²) >= 11 is 0. The molecule has 3 nitrogen and oxygen atoms in total. The fourth-order valence-electron chi connectivity index (χ4n) is 3.47. The average molecular weight is 252 g/mol. The lowest BCUT2D eigenvalue weighted by atomic mass is 9.96. The first-order chi connectivity index (χ1) is 8.56.